The monoisotopic (exact) mass is 485 g/mol. The molecule has 0 spiro atoms. The smallest absolute Gasteiger partial charge is 0.741 e. The Bertz CT molecular complexity index is 767. The number of rotatable bonds is 5. The summed E-state index contributed by atoms with van der Waals surface area (Å²) in [5.74, 6) is 0. The maximum atomic E-state index is 5.80. The van der Waals surface area contributed by atoms with Crippen molar-refractivity contribution in [2.75, 3.05) is 10.6 Å². The molecule has 6 nitrogen and oxygen atoms in total. The van der Waals surface area contributed by atoms with Gasteiger partial charge in [0, 0.05) is 31.8 Å². The van der Waals surface area contributed by atoms with E-state index >= 15 is 0 Å². The van der Waals surface area contributed by atoms with E-state index in [1.165, 1.54) is 12.4 Å². The van der Waals surface area contributed by atoms with Crippen molar-refractivity contribution in [3.8, 4) is 0 Å². The minimum Gasteiger partial charge on any atom is -0.741 e. The van der Waals surface area contributed by atoms with E-state index in [1.54, 1.807) is 48.5 Å². The van der Waals surface area contributed by atoms with Crippen molar-refractivity contribution in [1.82, 2.24) is 0 Å². The Hall–Kier alpha value is -1.74. The first-order valence-corrected chi connectivity index (χ1v) is 8.70. The van der Waals surface area contributed by atoms with Crippen LogP contribution in [-0.4, -0.2) is 22.8 Å². The number of amidine groups is 2. The molecule has 11 heteroatoms. The van der Waals surface area contributed by atoms with Crippen LogP contribution in [0.5, 0.6) is 0 Å². The number of hydrogen-bond acceptors (Lipinski definition) is 6. The van der Waals surface area contributed by atoms with E-state index in [1.807, 2.05) is 0 Å². The molecule has 2 aromatic carbocycles. The van der Waals surface area contributed by atoms with Crippen LogP contribution >= 0.6 is 23.2 Å². The van der Waals surface area contributed by atoms with Crippen molar-refractivity contribution in [3.05, 3.63) is 58.6 Å². The number of nitrogens with one attached hydrogen (secondary N) is 2. The van der Waals surface area contributed by atoms with E-state index in [2.05, 4.69) is 31.0 Å². The maximum absolute atomic E-state index is 5.80. The molecule has 0 saturated heterocycles. The fourth-order valence-corrected chi connectivity index (χ4v) is 2.18. The van der Waals surface area contributed by atoms with Gasteiger partial charge in [0.1, 0.15) is 0 Å². The van der Waals surface area contributed by atoms with Gasteiger partial charge < -0.3 is 35.9 Å². The maximum Gasteiger partial charge on any atom is 2.00 e. The standard InChI is InChI=1S/C16H14Cl2N6S2.Cu/c17-11-1-5-13(6-2-11)21-15(25)23-19-9-10-20-24-16(26)22-14-7-3-12(18)4-8-14;/h1-10H,(H2,21,23,25)(H2,22,24,26);/q;+2/p-2. The Balaban J connectivity index is 0.00000364. The summed E-state index contributed by atoms with van der Waals surface area (Å²) in [6, 6.07) is 14.1. The average molecular weight is 487 g/mol. The van der Waals surface area contributed by atoms with Gasteiger partial charge in [0.15, 0.2) is 0 Å². The van der Waals surface area contributed by atoms with Crippen LogP contribution in [0.4, 0.5) is 11.4 Å². The van der Waals surface area contributed by atoms with E-state index in [0.29, 0.717) is 10.0 Å². The second-order valence-electron chi connectivity index (χ2n) is 4.60. The van der Waals surface area contributed by atoms with E-state index < -0.39 is 0 Å². The summed E-state index contributed by atoms with van der Waals surface area (Å²) in [5.41, 5.74) is 1.53. The quantitative estimate of drug-likeness (QED) is 0.217. The molecular weight excluding hydrogens is 475 g/mol. The van der Waals surface area contributed by atoms with Crippen molar-refractivity contribution >= 4 is 82.6 Å². The minimum atomic E-state index is 0. The van der Waals surface area contributed by atoms with Gasteiger partial charge in [-0.1, -0.05) is 23.2 Å². The molecule has 0 saturated carbocycles. The third-order valence-corrected chi connectivity index (χ3v) is 3.56. The molecule has 0 aliphatic carbocycles. The summed E-state index contributed by atoms with van der Waals surface area (Å²) < 4.78 is 0. The molecule has 0 aliphatic heterocycles. The molecule has 0 amide bonds. The van der Waals surface area contributed by atoms with E-state index in [9.17, 15) is 0 Å². The van der Waals surface area contributed by atoms with Crippen LogP contribution in [0.15, 0.2) is 68.9 Å². The van der Waals surface area contributed by atoms with Gasteiger partial charge in [-0.05, 0) is 48.5 Å². The second kappa shape index (κ2) is 12.6. The topological polar surface area (TPSA) is 73.5 Å². The van der Waals surface area contributed by atoms with Crippen molar-refractivity contribution in [1.29, 1.82) is 0 Å². The molecule has 0 aliphatic rings. The zero-order valence-corrected chi connectivity index (χ0v) is 17.5. The van der Waals surface area contributed by atoms with Crippen molar-refractivity contribution in [2.45, 2.75) is 0 Å². The molecule has 2 rings (SSSR count). The van der Waals surface area contributed by atoms with Crippen molar-refractivity contribution in [3.63, 3.8) is 0 Å². The number of benzene rings is 2. The largest absolute Gasteiger partial charge is 2.00 e. The SMILES string of the molecule is [Cu+2].[S-]C(=NN=CC=NN=C([S-])Nc1ccc(Cl)cc1)Nc1ccc(Cl)cc1. The molecule has 0 aromatic heterocycles. The van der Waals surface area contributed by atoms with Crippen LogP contribution in [0.2, 0.25) is 10.0 Å². The first kappa shape index (κ1) is 23.3. The van der Waals surface area contributed by atoms with Gasteiger partial charge in [0.05, 0.1) is 12.4 Å². The van der Waals surface area contributed by atoms with Crippen LogP contribution in [-0.2, 0) is 42.3 Å². The van der Waals surface area contributed by atoms with Gasteiger partial charge in [0.2, 0.25) is 0 Å². The summed E-state index contributed by atoms with van der Waals surface area (Å²) >= 11 is 21.7. The van der Waals surface area contributed by atoms with Gasteiger partial charge in [-0.2, -0.15) is 20.4 Å². The van der Waals surface area contributed by atoms with Gasteiger partial charge in [-0.25, -0.2) is 0 Å². The number of hydrogen-bond donors (Lipinski definition) is 2. The molecule has 0 heterocycles. The second-order valence-corrected chi connectivity index (χ2v) is 6.25. The molecule has 143 valence electrons. The zero-order valence-electron chi connectivity index (χ0n) is 13.4. The van der Waals surface area contributed by atoms with Crippen LogP contribution in [0.3, 0.4) is 0 Å². The molecule has 0 fully saturated rings. The van der Waals surface area contributed by atoms with Crippen molar-refractivity contribution < 1.29 is 17.1 Å². The molecule has 0 bridgehead atoms. The zero-order chi connectivity index (χ0) is 18.8. The molecule has 0 unspecified atom stereocenters. The van der Waals surface area contributed by atoms with Gasteiger partial charge in [-0.3, -0.25) is 0 Å². The Morgan fingerprint density at radius 3 is 1.37 bits per heavy atom. The van der Waals surface area contributed by atoms with Crippen LogP contribution in [0, 0.1) is 0 Å². The summed E-state index contributed by atoms with van der Waals surface area (Å²) in [6.07, 6.45) is 2.68. The predicted octanol–water partition coefficient (Wildman–Crippen LogP) is 4.29. The molecular formula is C16H12Cl2CuN6S2. The molecule has 0 atom stereocenters. The van der Waals surface area contributed by atoms with E-state index in [-0.39, 0.29) is 27.4 Å². The summed E-state index contributed by atoms with van der Waals surface area (Å²) in [5, 5.41) is 22.6. The Morgan fingerprint density at radius 1 is 0.704 bits per heavy atom. The molecule has 2 aromatic rings. The fourth-order valence-electron chi connectivity index (χ4n) is 1.59. The van der Waals surface area contributed by atoms with Crippen LogP contribution < -0.4 is 10.6 Å². The summed E-state index contributed by atoms with van der Waals surface area (Å²) in [7, 11) is 0. The van der Waals surface area contributed by atoms with Crippen molar-refractivity contribution in [2.24, 2.45) is 20.4 Å². The number of nitrogens with zero attached hydrogens (tertiary/aromatic N) is 4. The average Bonchev–Trinajstić information content (AvgIpc) is 2.62. The number of halogens is 2. The third kappa shape index (κ3) is 9.67. The Morgan fingerprint density at radius 2 is 1.04 bits per heavy atom. The van der Waals surface area contributed by atoms with Crippen LogP contribution in [0.25, 0.3) is 0 Å². The van der Waals surface area contributed by atoms with Gasteiger partial charge in [0.25, 0.3) is 0 Å². The Kier molecular flexibility index (Phi) is 10.9. The molecule has 1 radical (unpaired) electrons. The third-order valence-electron chi connectivity index (χ3n) is 2.69. The number of anilines is 2. The minimum absolute atomic E-state index is 0. The Labute approximate surface area is 188 Å². The van der Waals surface area contributed by atoms with Gasteiger partial charge in [-0.15, -0.1) is 0 Å². The van der Waals surface area contributed by atoms with E-state index in [4.69, 9.17) is 48.5 Å². The normalized spacial score (nSPS) is 12.2. The van der Waals surface area contributed by atoms with Gasteiger partial charge >= 0.3 is 17.1 Å². The fraction of sp³-hybridized carbons (Fsp3) is 0. The first-order chi connectivity index (χ1) is 12.5. The molecule has 2 N–H and O–H groups in total. The molecule has 27 heavy (non-hydrogen) atoms. The first-order valence-electron chi connectivity index (χ1n) is 7.13. The predicted molar refractivity (Wildman–Crippen MR) is 117 cm³/mol. The van der Waals surface area contributed by atoms with Crippen LogP contribution in [0.1, 0.15) is 0 Å². The summed E-state index contributed by atoms with van der Waals surface area (Å²) in [6.45, 7) is 0. The summed E-state index contributed by atoms with van der Waals surface area (Å²) in [4.78, 5) is 0. The van der Waals surface area contributed by atoms with E-state index in [0.717, 1.165) is 11.4 Å².